The molecule has 3 aromatic rings. The van der Waals surface area contributed by atoms with Crippen LogP contribution in [0, 0.1) is 0 Å². The highest BCUT2D eigenvalue weighted by Crippen LogP contribution is 2.24. The van der Waals surface area contributed by atoms with Crippen molar-refractivity contribution in [3.05, 3.63) is 42.9 Å². The van der Waals surface area contributed by atoms with E-state index in [2.05, 4.69) is 10.1 Å². The van der Waals surface area contributed by atoms with Gasteiger partial charge in [0.05, 0.1) is 13.3 Å². The fourth-order valence-electron chi connectivity index (χ4n) is 1.81. The smallest absolute Gasteiger partial charge is 0.197 e. The molecule has 18 heavy (non-hydrogen) atoms. The second-order valence-corrected chi connectivity index (χ2v) is 3.87. The van der Waals surface area contributed by atoms with E-state index in [1.54, 1.807) is 17.8 Å². The van der Waals surface area contributed by atoms with Crippen LogP contribution < -0.4 is 4.74 Å². The van der Waals surface area contributed by atoms with Gasteiger partial charge in [0.25, 0.3) is 0 Å². The zero-order chi connectivity index (χ0) is 12.5. The molecule has 0 fully saturated rings. The van der Waals surface area contributed by atoms with Crippen LogP contribution in [0.25, 0.3) is 16.8 Å². The Morgan fingerprint density at radius 3 is 2.94 bits per heavy atom. The summed E-state index contributed by atoms with van der Waals surface area (Å²) >= 11 is 0. The Kier molecular flexibility index (Phi) is 2.37. The Morgan fingerprint density at radius 1 is 1.22 bits per heavy atom. The molecule has 0 bridgehead atoms. The molecule has 0 aliphatic heterocycles. The van der Waals surface area contributed by atoms with Crippen LogP contribution in [0.1, 0.15) is 0 Å². The van der Waals surface area contributed by atoms with Crippen molar-refractivity contribution < 1.29 is 9.84 Å². The number of ether oxygens (including phenoxy) is 1. The second-order valence-electron chi connectivity index (χ2n) is 3.87. The summed E-state index contributed by atoms with van der Waals surface area (Å²) < 4.78 is 6.73. The van der Waals surface area contributed by atoms with Crippen LogP contribution in [0.15, 0.2) is 42.9 Å². The molecule has 0 saturated carbocycles. The van der Waals surface area contributed by atoms with Crippen LogP contribution in [-0.4, -0.2) is 26.8 Å². The molecule has 1 aromatic carbocycles. The Balaban J connectivity index is 2.13. The number of hydrogen-bond donors (Lipinski definition) is 1. The summed E-state index contributed by atoms with van der Waals surface area (Å²) in [6.45, 7) is 0. The molecule has 2 aromatic heterocycles. The Labute approximate surface area is 103 Å². The zero-order valence-electron chi connectivity index (χ0n) is 9.74. The first kappa shape index (κ1) is 10.6. The number of methoxy groups -OCH3 is 1. The van der Waals surface area contributed by atoms with Crippen LogP contribution in [0.4, 0.5) is 0 Å². The van der Waals surface area contributed by atoms with E-state index in [0.29, 0.717) is 5.65 Å². The Hall–Kier alpha value is -2.56. The van der Waals surface area contributed by atoms with Gasteiger partial charge in [-0.25, -0.2) is 9.50 Å². The molecular weight excluding hydrogens is 230 g/mol. The van der Waals surface area contributed by atoms with Gasteiger partial charge in [-0.15, -0.1) is 0 Å². The van der Waals surface area contributed by atoms with Gasteiger partial charge in [-0.1, -0.05) is 12.1 Å². The number of aromatic nitrogens is 3. The second kappa shape index (κ2) is 4.03. The van der Waals surface area contributed by atoms with Gasteiger partial charge < -0.3 is 9.84 Å². The van der Waals surface area contributed by atoms with Crippen LogP contribution in [-0.2, 0) is 0 Å². The van der Waals surface area contributed by atoms with Crippen LogP contribution in [0.2, 0.25) is 0 Å². The van der Waals surface area contributed by atoms with Crippen LogP contribution >= 0.6 is 0 Å². The predicted octanol–water partition coefficient (Wildman–Crippen LogP) is 2.11. The van der Waals surface area contributed by atoms with Gasteiger partial charge in [-0.3, -0.25) is 0 Å². The summed E-state index contributed by atoms with van der Waals surface area (Å²) in [4.78, 5) is 4.18. The van der Waals surface area contributed by atoms with Gasteiger partial charge in [0, 0.05) is 18.0 Å². The molecule has 1 N–H and O–H groups in total. The lowest BCUT2D eigenvalue weighted by Crippen LogP contribution is -1.91. The van der Waals surface area contributed by atoms with Crippen molar-refractivity contribution in [3.63, 3.8) is 0 Å². The average Bonchev–Trinajstić information content (AvgIpc) is 2.80. The van der Waals surface area contributed by atoms with E-state index in [0.717, 1.165) is 16.9 Å². The average molecular weight is 241 g/mol. The van der Waals surface area contributed by atoms with E-state index in [-0.39, 0.29) is 5.75 Å². The van der Waals surface area contributed by atoms with Crippen molar-refractivity contribution in [1.82, 2.24) is 14.6 Å². The van der Waals surface area contributed by atoms with E-state index in [1.165, 1.54) is 6.20 Å². The summed E-state index contributed by atoms with van der Waals surface area (Å²) in [6.07, 6.45) is 4.89. The number of aromatic hydroxyl groups is 1. The number of nitrogens with zero attached hydrogens (tertiary/aromatic N) is 3. The summed E-state index contributed by atoms with van der Waals surface area (Å²) in [7, 11) is 1.63. The van der Waals surface area contributed by atoms with Gasteiger partial charge in [0.1, 0.15) is 5.75 Å². The summed E-state index contributed by atoms with van der Waals surface area (Å²) in [5.41, 5.74) is 2.34. The number of rotatable bonds is 2. The molecule has 90 valence electrons. The molecule has 2 heterocycles. The highest BCUT2D eigenvalue weighted by atomic mass is 16.5. The molecule has 5 heteroatoms. The minimum atomic E-state index is 0.0761. The molecule has 0 aliphatic rings. The minimum Gasteiger partial charge on any atom is -0.503 e. The summed E-state index contributed by atoms with van der Waals surface area (Å²) in [5.74, 6) is 0.864. The standard InChI is InChI=1S/C13H11N3O2/c1-18-11-4-2-3-9(5-11)10-6-14-13-12(17)7-15-16(13)8-10/h2-8,17H,1H3. The lowest BCUT2D eigenvalue weighted by atomic mass is 10.1. The first-order valence-electron chi connectivity index (χ1n) is 5.45. The fraction of sp³-hybridized carbons (Fsp3) is 0.0769. The van der Waals surface area contributed by atoms with E-state index >= 15 is 0 Å². The van der Waals surface area contributed by atoms with E-state index < -0.39 is 0 Å². The first-order chi connectivity index (χ1) is 8.78. The third kappa shape index (κ3) is 1.66. The zero-order valence-corrected chi connectivity index (χ0v) is 9.74. The van der Waals surface area contributed by atoms with Gasteiger partial charge in [0.15, 0.2) is 11.4 Å². The van der Waals surface area contributed by atoms with Gasteiger partial charge in [0.2, 0.25) is 0 Å². The van der Waals surface area contributed by atoms with Crippen molar-refractivity contribution in [2.75, 3.05) is 7.11 Å². The van der Waals surface area contributed by atoms with E-state index in [9.17, 15) is 5.11 Å². The van der Waals surface area contributed by atoms with Crippen LogP contribution in [0.5, 0.6) is 11.5 Å². The predicted molar refractivity (Wildman–Crippen MR) is 66.6 cm³/mol. The molecule has 0 spiro atoms. The molecule has 5 nitrogen and oxygen atoms in total. The van der Waals surface area contributed by atoms with E-state index in [1.807, 2.05) is 30.5 Å². The van der Waals surface area contributed by atoms with Gasteiger partial charge in [-0.2, -0.15) is 5.10 Å². The lowest BCUT2D eigenvalue weighted by molar-refractivity contribution is 0.415. The lowest BCUT2D eigenvalue weighted by Gasteiger charge is -2.04. The quantitative estimate of drug-likeness (QED) is 0.746. The van der Waals surface area contributed by atoms with Crippen LogP contribution in [0.3, 0.4) is 0 Å². The largest absolute Gasteiger partial charge is 0.503 e. The number of fused-ring (bicyclic) bond motifs is 1. The molecule has 3 rings (SSSR count). The normalized spacial score (nSPS) is 10.7. The highest BCUT2D eigenvalue weighted by Gasteiger charge is 2.06. The third-order valence-corrected chi connectivity index (χ3v) is 2.74. The molecule has 0 radical (unpaired) electrons. The van der Waals surface area contributed by atoms with Crippen molar-refractivity contribution in [3.8, 4) is 22.6 Å². The maximum Gasteiger partial charge on any atom is 0.197 e. The Bertz CT molecular complexity index is 706. The van der Waals surface area contributed by atoms with Crippen molar-refractivity contribution >= 4 is 5.65 Å². The number of benzene rings is 1. The number of hydrogen-bond acceptors (Lipinski definition) is 4. The van der Waals surface area contributed by atoms with Crippen molar-refractivity contribution in [1.29, 1.82) is 0 Å². The highest BCUT2D eigenvalue weighted by molar-refractivity contribution is 5.65. The maximum atomic E-state index is 9.49. The van der Waals surface area contributed by atoms with E-state index in [4.69, 9.17) is 4.74 Å². The molecular formula is C13H11N3O2. The van der Waals surface area contributed by atoms with Crippen molar-refractivity contribution in [2.24, 2.45) is 0 Å². The van der Waals surface area contributed by atoms with Gasteiger partial charge in [-0.05, 0) is 17.7 Å². The molecule has 0 saturated heterocycles. The third-order valence-electron chi connectivity index (χ3n) is 2.74. The molecule has 0 unspecified atom stereocenters. The summed E-state index contributed by atoms with van der Waals surface area (Å²) in [5, 5.41) is 13.5. The molecule has 0 amide bonds. The van der Waals surface area contributed by atoms with Gasteiger partial charge >= 0.3 is 0 Å². The van der Waals surface area contributed by atoms with Crippen molar-refractivity contribution in [2.45, 2.75) is 0 Å². The SMILES string of the molecule is COc1cccc(-c2cnc3c(O)cnn3c2)c1. The maximum absolute atomic E-state index is 9.49. The monoisotopic (exact) mass is 241 g/mol. The Morgan fingerprint density at radius 2 is 2.11 bits per heavy atom. The summed E-state index contributed by atoms with van der Waals surface area (Å²) in [6, 6.07) is 7.69. The molecule has 0 aliphatic carbocycles. The fourth-order valence-corrected chi connectivity index (χ4v) is 1.81. The molecule has 0 atom stereocenters. The topological polar surface area (TPSA) is 59.7 Å². The first-order valence-corrected chi connectivity index (χ1v) is 5.45. The minimum absolute atomic E-state index is 0.0761.